The van der Waals surface area contributed by atoms with Crippen LogP contribution in [0.1, 0.15) is 91.5 Å². The van der Waals surface area contributed by atoms with E-state index in [0.717, 1.165) is 29.1 Å². The molecule has 1 aliphatic carbocycles. The first-order valence-electron chi connectivity index (χ1n) is 17.0. The number of imidazole rings is 1. The minimum Gasteiger partial charge on any atom is -0.462 e. The molecule has 260 valence electrons. The molecule has 2 aromatic carbocycles. The molecule has 1 saturated carbocycles. The Labute approximate surface area is 288 Å². The summed E-state index contributed by atoms with van der Waals surface area (Å²) in [6.45, 7) is 11.2. The molecule has 3 atom stereocenters. The fourth-order valence-corrected chi connectivity index (χ4v) is 9.43. The number of hydrogen-bond acceptors (Lipinski definition) is 7. The molecule has 48 heavy (non-hydrogen) atoms. The van der Waals surface area contributed by atoms with Crippen LogP contribution in [0.4, 0.5) is 0 Å². The van der Waals surface area contributed by atoms with Gasteiger partial charge in [-0.05, 0) is 68.2 Å². The van der Waals surface area contributed by atoms with Crippen LogP contribution in [0.25, 0.3) is 22.2 Å². The molecule has 12 heteroatoms. The van der Waals surface area contributed by atoms with Gasteiger partial charge in [-0.15, -0.1) is 0 Å². The van der Waals surface area contributed by atoms with Gasteiger partial charge >= 0.3 is 19.4 Å². The number of nitrogens with zero attached hydrogens (tertiary/aromatic N) is 3. The van der Waals surface area contributed by atoms with Crippen molar-refractivity contribution in [3.63, 3.8) is 0 Å². The molecule has 3 aromatic rings. The molecule has 1 heterocycles. The molecular formula is C36H48ClN4O6P. The maximum Gasteiger partial charge on any atom is 0.349 e. The molecule has 0 spiro atoms. The number of hydrogen-bond donors (Lipinski definition) is 1. The summed E-state index contributed by atoms with van der Waals surface area (Å²) < 4.78 is 39.1. The number of H-pyrrole nitrogens is 1. The number of fused-ring (bicyclic) bond motifs is 1. The van der Waals surface area contributed by atoms with Crippen LogP contribution in [0.2, 0.25) is 5.02 Å². The van der Waals surface area contributed by atoms with E-state index in [9.17, 15) is 14.2 Å². The standard InChI is InChI=1S/C36H48ClN4O6P/c1-7-32(24(6)35(23(4)5)48(44,38-21-33(42)45-8-2)39-22-34(43)46-9-3)47-36-40-30-19-28(29(37)20-31(30)41-36)27-17-15-26(16-18-27)25-13-11-10-12-14-25/h15-25,32,35H,7-14H2,1-6H3,(H,40,41). The van der Waals surface area contributed by atoms with Crippen molar-refractivity contribution in [2.75, 3.05) is 13.2 Å². The van der Waals surface area contributed by atoms with Crippen LogP contribution in [0.5, 0.6) is 6.01 Å². The van der Waals surface area contributed by atoms with Crippen molar-refractivity contribution in [2.24, 2.45) is 21.4 Å². The number of aromatic amines is 1. The molecule has 0 radical (unpaired) electrons. The highest BCUT2D eigenvalue weighted by atomic mass is 35.5. The number of esters is 2. The number of rotatable bonds is 15. The van der Waals surface area contributed by atoms with Crippen molar-refractivity contribution in [1.82, 2.24) is 9.97 Å². The molecule has 0 amide bonds. The largest absolute Gasteiger partial charge is 0.462 e. The summed E-state index contributed by atoms with van der Waals surface area (Å²) in [5.41, 5.74) is 4.03. The summed E-state index contributed by atoms with van der Waals surface area (Å²) in [5, 5.41) is 0.600. The molecule has 1 N–H and O–H groups in total. The number of benzene rings is 2. The van der Waals surface area contributed by atoms with Gasteiger partial charge in [0.25, 0.3) is 6.01 Å². The van der Waals surface area contributed by atoms with Crippen molar-refractivity contribution in [3.05, 3.63) is 47.0 Å². The lowest BCUT2D eigenvalue weighted by molar-refractivity contribution is -0.135. The molecule has 1 aliphatic rings. The zero-order valence-electron chi connectivity index (χ0n) is 28.8. The second-order valence-corrected chi connectivity index (χ2v) is 15.2. The molecule has 1 fully saturated rings. The van der Waals surface area contributed by atoms with Gasteiger partial charge in [0.2, 0.25) is 0 Å². The van der Waals surface area contributed by atoms with E-state index in [-0.39, 0.29) is 19.1 Å². The molecule has 1 aromatic heterocycles. The Balaban J connectivity index is 1.60. The normalized spacial score (nSPS) is 17.4. The maximum atomic E-state index is 14.4. The summed E-state index contributed by atoms with van der Waals surface area (Å²) >= 11 is 6.78. The van der Waals surface area contributed by atoms with Crippen molar-refractivity contribution in [1.29, 1.82) is 0 Å². The molecule has 4 rings (SSSR count). The number of nitrogens with one attached hydrogen (secondary N) is 1. The Morgan fingerprint density at radius 1 is 0.979 bits per heavy atom. The molecule has 10 nitrogen and oxygen atoms in total. The Morgan fingerprint density at radius 3 is 2.12 bits per heavy atom. The third-order valence-electron chi connectivity index (χ3n) is 8.94. The Bertz CT molecular complexity index is 1620. The highest BCUT2D eigenvalue weighted by molar-refractivity contribution is 7.62. The van der Waals surface area contributed by atoms with Crippen molar-refractivity contribution >= 4 is 54.4 Å². The van der Waals surface area contributed by atoms with Crippen LogP contribution < -0.4 is 4.74 Å². The number of ether oxygens (including phenoxy) is 3. The van der Waals surface area contributed by atoms with Gasteiger partial charge in [-0.25, -0.2) is 19.1 Å². The van der Waals surface area contributed by atoms with Crippen LogP contribution in [-0.2, 0) is 23.6 Å². The van der Waals surface area contributed by atoms with E-state index < -0.39 is 37.1 Å². The summed E-state index contributed by atoms with van der Waals surface area (Å²) in [6, 6.07) is 12.8. The minimum atomic E-state index is -3.95. The smallest absolute Gasteiger partial charge is 0.349 e. The second kappa shape index (κ2) is 17.3. The lowest BCUT2D eigenvalue weighted by Crippen LogP contribution is -2.36. The van der Waals surface area contributed by atoms with E-state index in [2.05, 4.69) is 38.8 Å². The van der Waals surface area contributed by atoms with E-state index >= 15 is 0 Å². The minimum absolute atomic E-state index is 0.133. The topological polar surface area (TPSA) is 132 Å². The SMILES string of the molecule is CCOC(=O)C=NP(=O)(N=CC(=O)OCC)C(C(C)C)C(C)C(CC)Oc1nc2cc(-c3ccc(C4CCCCC4)cc3)c(Cl)cc2[nH]1. The van der Waals surface area contributed by atoms with Gasteiger partial charge in [-0.3, -0.25) is 4.57 Å². The Morgan fingerprint density at radius 2 is 1.58 bits per heavy atom. The Hall–Kier alpha value is -3.49. The predicted molar refractivity (Wildman–Crippen MR) is 193 cm³/mol. The predicted octanol–water partition coefficient (Wildman–Crippen LogP) is 9.21. The third-order valence-corrected chi connectivity index (χ3v) is 12.0. The van der Waals surface area contributed by atoms with E-state index in [1.165, 1.54) is 37.7 Å². The van der Waals surface area contributed by atoms with Crippen LogP contribution in [0, 0.1) is 11.8 Å². The van der Waals surface area contributed by atoms with Crippen molar-refractivity contribution in [2.45, 2.75) is 97.7 Å². The average molecular weight is 699 g/mol. The first-order valence-corrected chi connectivity index (χ1v) is 19.1. The first-order chi connectivity index (χ1) is 23.0. The lowest BCUT2D eigenvalue weighted by atomic mass is 9.84. The third kappa shape index (κ3) is 9.35. The van der Waals surface area contributed by atoms with Crippen molar-refractivity contribution < 1.29 is 28.4 Å². The van der Waals surface area contributed by atoms with Gasteiger partial charge in [0, 0.05) is 11.5 Å². The number of aromatic nitrogens is 2. The van der Waals surface area contributed by atoms with Crippen LogP contribution in [0.3, 0.4) is 0 Å². The first kappa shape index (κ1) is 37.3. The number of halogens is 1. The zero-order valence-corrected chi connectivity index (χ0v) is 30.4. The van der Waals surface area contributed by atoms with E-state index in [0.29, 0.717) is 28.9 Å². The van der Waals surface area contributed by atoms with E-state index in [1.807, 2.05) is 39.8 Å². The van der Waals surface area contributed by atoms with Gasteiger partial charge in [-0.2, -0.15) is 4.98 Å². The van der Waals surface area contributed by atoms with Gasteiger partial charge in [0.05, 0.1) is 34.9 Å². The van der Waals surface area contributed by atoms with E-state index in [1.54, 1.807) is 13.8 Å². The number of carbonyl (C=O) groups is 2. The highest BCUT2D eigenvalue weighted by Crippen LogP contribution is 2.59. The number of carbonyl (C=O) groups excluding carboxylic acids is 2. The van der Waals surface area contributed by atoms with Crippen molar-refractivity contribution in [3.8, 4) is 17.1 Å². The summed E-state index contributed by atoms with van der Waals surface area (Å²) in [6.07, 6.45) is 8.23. The van der Waals surface area contributed by atoms with Gasteiger partial charge in [-0.1, -0.05) is 82.8 Å². The zero-order chi connectivity index (χ0) is 34.8. The van der Waals surface area contributed by atoms with E-state index in [4.69, 9.17) is 30.8 Å². The molecule has 3 unspecified atom stereocenters. The molecule has 0 bridgehead atoms. The van der Waals surface area contributed by atoms with Gasteiger partial charge in [0.15, 0.2) is 0 Å². The average Bonchev–Trinajstić information content (AvgIpc) is 3.46. The quantitative estimate of drug-likeness (QED) is 0.0950. The fraction of sp³-hybridized carbons (Fsp3) is 0.528. The molecular weight excluding hydrogens is 651 g/mol. The summed E-state index contributed by atoms with van der Waals surface area (Å²) in [7, 11) is -3.95. The van der Waals surface area contributed by atoms with Gasteiger partial charge in [0.1, 0.15) is 18.5 Å². The maximum absolute atomic E-state index is 14.4. The molecule has 0 aliphatic heterocycles. The monoisotopic (exact) mass is 698 g/mol. The van der Waals surface area contributed by atoms with Crippen LogP contribution in [-0.4, -0.2) is 59.3 Å². The van der Waals surface area contributed by atoms with Gasteiger partial charge < -0.3 is 19.2 Å². The molecule has 0 saturated heterocycles. The lowest BCUT2D eigenvalue weighted by Gasteiger charge is -2.34. The fourth-order valence-electron chi connectivity index (χ4n) is 6.68. The Kier molecular flexibility index (Phi) is 13.4. The second-order valence-electron chi connectivity index (χ2n) is 12.6. The van der Waals surface area contributed by atoms with Crippen LogP contribution >= 0.6 is 19.0 Å². The summed E-state index contributed by atoms with van der Waals surface area (Å²) in [5.74, 6) is -1.48. The van der Waals surface area contributed by atoms with Crippen LogP contribution in [0.15, 0.2) is 45.9 Å². The summed E-state index contributed by atoms with van der Waals surface area (Å²) in [4.78, 5) is 32.3. The highest BCUT2D eigenvalue weighted by Gasteiger charge is 2.42.